The molecule has 0 saturated carbocycles. The molecule has 0 radical (unpaired) electrons. The third-order valence-corrected chi connectivity index (χ3v) is 4.00. The molecule has 102 valence electrons. The molecule has 0 bridgehead atoms. The third-order valence-electron chi connectivity index (χ3n) is 4.00. The molecule has 1 fully saturated rings. The number of amides is 1. The molecule has 1 amide bonds. The minimum atomic E-state index is -0.243. The maximum absolute atomic E-state index is 12.4. The van der Waals surface area contributed by atoms with Crippen LogP contribution >= 0.6 is 0 Å². The average Bonchev–Trinajstić information content (AvgIpc) is 2.47. The van der Waals surface area contributed by atoms with Gasteiger partial charge in [-0.2, -0.15) is 0 Å². The Bertz CT molecular complexity index is 466. The molecule has 1 atom stereocenters. The summed E-state index contributed by atoms with van der Waals surface area (Å²) in [4.78, 5) is 14.3. The first-order chi connectivity index (χ1) is 9.24. The van der Waals surface area contributed by atoms with E-state index in [0.29, 0.717) is 32.5 Å². The second-order valence-electron chi connectivity index (χ2n) is 5.38. The summed E-state index contributed by atoms with van der Waals surface area (Å²) in [5.41, 5.74) is 1.11. The summed E-state index contributed by atoms with van der Waals surface area (Å²) < 4.78 is 5.67. The predicted octanol–water partition coefficient (Wildman–Crippen LogP) is 1.22. The minimum Gasteiger partial charge on any atom is -0.492 e. The number of aliphatic hydroxyl groups excluding tert-OH is 1. The van der Waals surface area contributed by atoms with Crippen molar-refractivity contribution in [3.8, 4) is 5.75 Å². The van der Waals surface area contributed by atoms with Crippen LogP contribution in [0.2, 0.25) is 0 Å². The topological polar surface area (TPSA) is 49.8 Å². The van der Waals surface area contributed by atoms with Crippen molar-refractivity contribution in [2.75, 3.05) is 19.7 Å². The fourth-order valence-corrected chi connectivity index (χ4v) is 2.83. The molecule has 4 nitrogen and oxygen atoms in total. The second-order valence-corrected chi connectivity index (χ2v) is 5.38. The first kappa shape index (κ1) is 12.5. The van der Waals surface area contributed by atoms with Crippen molar-refractivity contribution in [3.05, 3.63) is 29.8 Å². The van der Waals surface area contributed by atoms with Crippen molar-refractivity contribution in [2.24, 2.45) is 5.92 Å². The van der Waals surface area contributed by atoms with Crippen LogP contribution in [0.5, 0.6) is 5.75 Å². The Kier molecular flexibility index (Phi) is 3.42. The Morgan fingerprint density at radius 3 is 2.79 bits per heavy atom. The van der Waals surface area contributed by atoms with E-state index in [0.717, 1.165) is 17.7 Å². The normalized spacial score (nSPS) is 23.6. The molecule has 1 aromatic carbocycles. The van der Waals surface area contributed by atoms with Gasteiger partial charge in [-0.05, 0) is 30.9 Å². The number of rotatable bonds is 1. The zero-order valence-corrected chi connectivity index (χ0v) is 10.9. The maximum atomic E-state index is 12.4. The lowest BCUT2D eigenvalue weighted by atomic mass is 9.94. The summed E-state index contributed by atoms with van der Waals surface area (Å²) in [6.07, 6.45) is 1.90. The fraction of sp³-hybridized carbons (Fsp3) is 0.533. The smallest absolute Gasteiger partial charge is 0.229 e. The number of ether oxygens (including phenoxy) is 1. The third kappa shape index (κ3) is 2.59. The van der Waals surface area contributed by atoms with E-state index in [1.807, 2.05) is 29.2 Å². The van der Waals surface area contributed by atoms with E-state index in [2.05, 4.69) is 0 Å². The van der Waals surface area contributed by atoms with E-state index in [1.54, 1.807) is 0 Å². The van der Waals surface area contributed by atoms with E-state index >= 15 is 0 Å². The molecule has 1 aromatic rings. The molecule has 2 heterocycles. The number of piperidine rings is 1. The Hall–Kier alpha value is -1.55. The van der Waals surface area contributed by atoms with Gasteiger partial charge in [-0.3, -0.25) is 4.79 Å². The van der Waals surface area contributed by atoms with E-state index < -0.39 is 0 Å². The van der Waals surface area contributed by atoms with Crippen molar-refractivity contribution in [1.29, 1.82) is 0 Å². The average molecular weight is 261 g/mol. The van der Waals surface area contributed by atoms with Gasteiger partial charge in [0.2, 0.25) is 5.91 Å². The molecular formula is C15H19NO3. The van der Waals surface area contributed by atoms with Gasteiger partial charge in [-0.25, -0.2) is 0 Å². The van der Waals surface area contributed by atoms with E-state index in [9.17, 15) is 9.90 Å². The summed E-state index contributed by atoms with van der Waals surface area (Å²) in [6.45, 7) is 1.80. The Morgan fingerprint density at radius 2 is 2.00 bits per heavy atom. The van der Waals surface area contributed by atoms with Gasteiger partial charge < -0.3 is 14.7 Å². The van der Waals surface area contributed by atoms with E-state index in [-0.39, 0.29) is 17.9 Å². The number of para-hydroxylation sites is 1. The fourth-order valence-electron chi connectivity index (χ4n) is 2.83. The minimum absolute atomic E-state index is 0.0786. The Morgan fingerprint density at radius 1 is 1.26 bits per heavy atom. The number of fused-ring (bicyclic) bond motifs is 1. The quantitative estimate of drug-likeness (QED) is 0.827. The predicted molar refractivity (Wildman–Crippen MR) is 71.0 cm³/mol. The summed E-state index contributed by atoms with van der Waals surface area (Å²) in [5.74, 6) is 0.993. The highest BCUT2D eigenvalue weighted by Gasteiger charge is 2.31. The van der Waals surface area contributed by atoms with Crippen molar-refractivity contribution >= 4 is 5.91 Å². The van der Waals surface area contributed by atoms with Crippen LogP contribution < -0.4 is 4.74 Å². The molecule has 2 aliphatic rings. The van der Waals surface area contributed by atoms with Crippen LogP contribution in [0, 0.1) is 5.92 Å². The van der Waals surface area contributed by atoms with Gasteiger partial charge in [0.1, 0.15) is 12.4 Å². The number of hydrogen-bond acceptors (Lipinski definition) is 3. The molecule has 3 rings (SSSR count). The van der Waals surface area contributed by atoms with Gasteiger partial charge in [0.05, 0.1) is 12.0 Å². The highest BCUT2D eigenvalue weighted by molar-refractivity contribution is 5.80. The molecule has 1 saturated heterocycles. The van der Waals surface area contributed by atoms with Crippen LogP contribution in [0.15, 0.2) is 24.3 Å². The Labute approximate surface area is 113 Å². The number of hydrogen-bond donors (Lipinski definition) is 1. The lowest BCUT2D eigenvalue weighted by Crippen LogP contribution is -2.45. The van der Waals surface area contributed by atoms with Crippen molar-refractivity contribution in [3.63, 3.8) is 0 Å². The molecule has 0 aliphatic carbocycles. The summed E-state index contributed by atoms with van der Waals surface area (Å²) >= 11 is 0. The second kappa shape index (κ2) is 5.21. The van der Waals surface area contributed by atoms with Crippen molar-refractivity contribution in [1.82, 2.24) is 4.90 Å². The number of likely N-dealkylation sites (tertiary alicyclic amines) is 1. The number of benzene rings is 1. The van der Waals surface area contributed by atoms with Gasteiger partial charge in [0, 0.05) is 13.1 Å². The van der Waals surface area contributed by atoms with Gasteiger partial charge in [-0.1, -0.05) is 18.2 Å². The lowest BCUT2D eigenvalue weighted by molar-refractivity contribution is -0.138. The van der Waals surface area contributed by atoms with Crippen LogP contribution in [0.25, 0.3) is 0 Å². The molecule has 0 aromatic heterocycles. The largest absolute Gasteiger partial charge is 0.492 e. The zero-order valence-electron chi connectivity index (χ0n) is 10.9. The van der Waals surface area contributed by atoms with Crippen LogP contribution in [0.1, 0.15) is 18.4 Å². The number of carbonyl (C=O) groups is 1. The number of aliphatic hydroxyl groups is 1. The maximum Gasteiger partial charge on any atom is 0.229 e. The van der Waals surface area contributed by atoms with Crippen LogP contribution in [0.4, 0.5) is 0 Å². The molecule has 4 heteroatoms. The van der Waals surface area contributed by atoms with Crippen LogP contribution in [-0.2, 0) is 11.2 Å². The van der Waals surface area contributed by atoms with Gasteiger partial charge in [0.25, 0.3) is 0 Å². The first-order valence-corrected chi connectivity index (χ1v) is 6.91. The van der Waals surface area contributed by atoms with Gasteiger partial charge in [0.15, 0.2) is 0 Å². The van der Waals surface area contributed by atoms with Gasteiger partial charge in [-0.15, -0.1) is 0 Å². The Balaban J connectivity index is 1.66. The summed E-state index contributed by atoms with van der Waals surface area (Å²) in [5, 5.41) is 9.49. The summed E-state index contributed by atoms with van der Waals surface area (Å²) in [7, 11) is 0. The van der Waals surface area contributed by atoms with E-state index in [4.69, 9.17) is 4.74 Å². The SMILES string of the molecule is O=C(C1COc2ccccc2C1)N1CCC(O)CC1. The molecule has 1 N–H and O–H groups in total. The number of carbonyl (C=O) groups excluding carboxylic acids is 1. The standard InChI is InChI=1S/C15H19NO3/c17-13-5-7-16(8-6-13)15(18)12-9-11-3-1-2-4-14(11)19-10-12/h1-4,12-13,17H,5-10H2. The van der Waals surface area contributed by atoms with E-state index in [1.165, 1.54) is 0 Å². The van der Waals surface area contributed by atoms with Gasteiger partial charge >= 0.3 is 0 Å². The highest BCUT2D eigenvalue weighted by Crippen LogP contribution is 2.28. The molecule has 19 heavy (non-hydrogen) atoms. The molecule has 2 aliphatic heterocycles. The molecule has 0 spiro atoms. The zero-order chi connectivity index (χ0) is 13.2. The number of nitrogens with zero attached hydrogens (tertiary/aromatic N) is 1. The van der Waals surface area contributed by atoms with Crippen molar-refractivity contribution in [2.45, 2.75) is 25.4 Å². The summed E-state index contributed by atoms with van der Waals surface area (Å²) in [6, 6.07) is 7.90. The molecule has 1 unspecified atom stereocenters. The van der Waals surface area contributed by atoms with Crippen molar-refractivity contribution < 1.29 is 14.6 Å². The first-order valence-electron chi connectivity index (χ1n) is 6.91. The molecular weight excluding hydrogens is 242 g/mol. The van der Waals surface area contributed by atoms with Crippen LogP contribution in [0.3, 0.4) is 0 Å². The monoisotopic (exact) mass is 261 g/mol. The van der Waals surface area contributed by atoms with Crippen LogP contribution in [-0.4, -0.2) is 41.7 Å². The highest BCUT2D eigenvalue weighted by atomic mass is 16.5. The lowest BCUT2D eigenvalue weighted by Gasteiger charge is -2.34.